The first-order chi connectivity index (χ1) is 9.90. The zero-order valence-electron chi connectivity index (χ0n) is 11.3. The molecule has 1 saturated heterocycles. The zero-order chi connectivity index (χ0) is 15.6. The molecule has 0 aliphatic carbocycles. The zero-order valence-corrected chi connectivity index (χ0v) is 11.3. The molecule has 0 spiro atoms. The molecule has 1 aromatic rings. The van der Waals surface area contributed by atoms with Crippen LogP contribution in [0.4, 0.5) is 8.78 Å². The quantitative estimate of drug-likeness (QED) is 0.829. The number of halogens is 2. The van der Waals surface area contributed by atoms with Gasteiger partial charge in [0.15, 0.2) is 11.6 Å². The third-order valence-electron chi connectivity index (χ3n) is 3.46. The smallest absolute Gasteiger partial charge is 0.315 e. The van der Waals surface area contributed by atoms with Gasteiger partial charge in [-0.2, -0.15) is 0 Å². The lowest BCUT2D eigenvalue weighted by Gasteiger charge is -2.21. The van der Waals surface area contributed by atoms with Crippen molar-refractivity contribution in [2.45, 2.75) is 25.5 Å². The summed E-state index contributed by atoms with van der Waals surface area (Å²) in [5, 5.41) is 11.4. The van der Waals surface area contributed by atoms with Crippen molar-refractivity contribution in [2.75, 3.05) is 6.61 Å². The van der Waals surface area contributed by atoms with E-state index in [4.69, 9.17) is 9.84 Å². The predicted molar refractivity (Wildman–Crippen MR) is 68.4 cm³/mol. The van der Waals surface area contributed by atoms with E-state index in [1.54, 1.807) is 0 Å². The van der Waals surface area contributed by atoms with Crippen molar-refractivity contribution in [1.82, 2.24) is 5.32 Å². The maximum Gasteiger partial charge on any atom is 0.315 e. The van der Waals surface area contributed by atoms with Crippen molar-refractivity contribution < 1.29 is 28.2 Å². The molecule has 1 aromatic carbocycles. The third kappa shape index (κ3) is 3.36. The van der Waals surface area contributed by atoms with Gasteiger partial charge < -0.3 is 15.2 Å². The van der Waals surface area contributed by atoms with E-state index in [9.17, 15) is 18.4 Å². The first-order valence-electron chi connectivity index (χ1n) is 6.50. The standard InChI is InChI=1S/C14H15F2NO4/c1-7(14(19)20)13(18)17-11-4-5-21-12(11)8-2-3-9(15)10(16)6-8/h2-3,6-7,11-12H,4-5H2,1H3,(H,17,18)(H,19,20). The van der Waals surface area contributed by atoms with Gasteiger partial charge in [0.05, 0.1) is 6.04 Å². The Kier molecular flexibility index (Phi) is 4.52. The van der Waals surface area contributed by atoms with Gasteiger partial charge in [0.25, 0.3) is 0 Å². The summed E-state index contributed by atoms with van der Waals surface area (Å²) in [7, 11) is 0. The van der Waals surface area contributed by atoms with Gasteiger partial charge in [-0.25, -0.2) is 8.78 Å². The number of aliphatic carboxylic acids is 1. The number of ether oxygens (including phenoxy) is 1. The third-order valence-corrected chi connectivity index (χ3v) is 3.46. The van der Waals surface area contributed by atoms with Gasteiger partial charge >= 0.3 is 5.97 Å². The van der Waals surface area contributed by atoms with E-state index in [-0.39, 0.29) is 0 Å². The number of carboxylic acid groups (broad SMARTS) is 1. The molecule has 0 radical (unpaired) electrons. The van der Waals surface area contributed by atoms with Crippen molar-refractivity contribution in [1.29, 1.82) is 0 Å². The van der Waals surface area contributed by atoms with Gasteiger partial charge in [0.2, 0.25) is 5.91 Å². The summed E-state index contributed by atoms with van der Waals surface area (Å²) in [6.07, 6.45) is -0.146. The Morgan fingerprint density at radius 2 is 2.10 bits per heavy atom. The Hall–Kier alpha value is -2.02. The van der Waals surface area contributed by atoms with Crippen molar-refractivity contribution in [2.24, 2.45) is 5.92 Å². The van der Waals surface area contributed by atoms with E-state index in [0.717, 1.165) is 12.1 Å². The molecule has 2 N–H and O–H groups in total. The first-order valence-corrected chi connectivity index (χ1v) is 6.50. The monoisotopic (exact) mass is 299 g/mol. The topological polar surface area (TPSA) is 75.6 Å². The Morgan fingerprint density at radius 3 is 2.71 bits per heavy atom. The molecule has 0 aromatic heterocycles. The molecular formula is C14H15F2NO4. The van der Waals surface area contributed by atoms with Gasteiger partial charge in [-0.1, -0.05) is 6.07 Å². The molecule has 1 amide bonds. The van der Waals surface area contributed by atoms with Crippen LogP contribution >= 0.6 is 0 Å². The summed E-state index contributed by atoms with van der Waals surface area (Å²) < 4.78 is 31.6. The summed E-state index contributed by atoms with van der Waals surface area (Å²) in [6.45, 7) is 1.62. The highest BCUT2D eigenvalue weighted by Crippen LogP contribution is 2.30. The Bertz CT molecular complexity index is 564. The Labute approximate surface area is 119 Å². The SMILES string of the molecule is CC(C(=O)O)C(=O)NC1CCOC1c1ccc(F)c(F)c1. The number of benzene rings is 1. The van der Waals surface area contributed by atoms with Gasteiger partial charge in [-0.05, 0) is 31.0 Å². The van der Waals surface area contributed by atoms with E-state index in [1.807, 2.05) is 0 Å². The maximum atomic E-state index is 13.3. The first kappa shape index (κ1) is 15.4. The predicted octanol–water partition coefficient (Wildman–Crippen LogP) is 1.63. The van der Waals surface area contributed by atoms with Crippen molar-refractivity contribution in [3.05, 3.63) is 35.4 Å². The van der Waals surface area contributed by atoms with E-state index >= 15 is 0 Å². The molecule has 0 saturated carbocycles. The molecule has 21 heavy (non-hydrogen) atoms. The number of nitrogens with one attached hydrogen (secondary N) is 1. The molecule has 7 heteroatoms. The van der Waals surface area contributed by atoms with Crippen LogP contribution in [0.5, 0.6) is 0 Å². The largest absolute Gasteiger partial charge is 0.481 e. The van der Waals surface area contributed by atoms with Crippen LogP contribution < -0.4 is 5.32 Å². The van der Waals surface area contributed by atoms with Crippen LogP contribution in [0, 0.1) is 17.6 Å². The number of carboxylic acids is 1. The molecular weight excluding hydrogens is 284 g/mol. The summed E-state index contributed by atoms with van der Waals surface area (Å²) in [5.74, 6) is -5.00. The molecule has 1 heterocycles. The van der Waals surface area contributed by atoms with E-state index in [2.05, 4.69) is 5.32 Å². The fourth-order valence-electron chi connectivity index (χ4n) is 2.18. The number of hydrogen-bond acceptors (Lipinski definition) is 3. The number of rotatable bonds is 4. The summed E-state index contributed by atoms with van der Waals surface area (Å²) in [4.78, 5) is 22.5. The van der Waals surface area contributed by atoms with Gasteiger partial charge in [0.1, 0.15) is 12.0 Å². The number of hydrogen-bond donors (Lipinski definition) is 2. The second-order valence-corrected chi connectivity index (χ2v) is 4.93. The van der Waals surface area contributed by atoms with Gasteiger partial charge in [-0.3, -0.25) is 9.59 Å². The summed E-state index contributed by atoms with van der Waals surface area (Å²) in [6, 6.07) is 2.92. The molecule has 3 unspecified atom stereocenters. The van der Waals surface area contributed by atoms with Gasteiger partial charge in [-0.15, -0.1) is 0 Å². The fraction of sp³-hybridized carbons (Fsp3) is 0.429. The van der Waals surface area contributed by atoms with Crippen LogP contribution in [0.2, 0.25) is 0 Å². The van der Waals surface area contributed by atoms with Crippen LogP contribution in [-0.2, 0) is 14.3 Å². The minimum Gasteiger partial charge on any atom is -0.481 e. The highest BCUT2D eigenvalue weighted by molar-refractivity contribution is 5.96. The molecule has 0 bridgehead atoms. The van der Waals surface area contributed by atoms with Crippen LogP contribution in [-0.4, -0.2) is 29.6 Å². The second kappa shape index (κ2) is 6.17. The summed E-state index contributed by atoms with van der Waals surface area (Å²) in [5.41, 5.74) is 0.402. The molecule has 1 aliphatic heterocycles. The van der Waals surface area contributed by atoms with Crippen molar-refractivity contribution >= 4 is 11.9 Å². The fourth-order valence-corrected chi connectivity index (χ4v) is 2.18. The minimum atomic E-state index is -1.23. The maximum absolute atomic E-state index is 13.3. The average Bonchev–Trinajstić information content (AvgIpc) is 2.89. The second-order valence-electron chi connectivity index (χ2n) is 4.93. The van der Waals surface area contributed by atoms with Crippen LogP contribution in [0.3, 0.4) is 0 Å². The highest BCUT2D eigenvalue weighted by atomic mass is 19.2. The molecule has 3 atom stereocenters. The number of amides is 1. The molecule has 1 aliphatic rings. The molecule has 5 nitrogen and oxygen atoms in total. The van der Waals surface area contributed by atoms with Crippen molar-refractivity contribution in [3.63, 3.8) is 0 Å². The van der Waals surface area contributed by atoms with Gasteiger partial charge in [0, 0.05) is 6.61 Å². The number of carbonyl (C=O) groups excluding carboxylic acids is 1. The highest BCUT2D eigenvalue weighted by Gasteiger charge is 2.33. The minimum absolute atomic E-state index is 0.343. The van der Waals surface area contributed by atoms with Crippen LogP contribution in [0.25, 0.3) is 0 Å². The number of carbonyl (C=O) groups is 2. The van der Waals surface area contributed by atoms with Crippen molar-refractivity contribution in [3.8, 4) is 0 Å². The lowest BCUT2D eigenvalue weighted by molar-refractivity contribution is -0.146. The summed E-state index contributed by atoms with van der Waals surface area (Å²) >= 11 is 0. The molecule has 114 valence electrons. The van der Waals surface area contributed by atoms with E-state index in [0.29, 0.717) is 18.6 Å². The van der Waals surface area contributed by atoms with Crippen LogP contribution in [0.1, 0.15) is 25.0 Å². The van der Waals surface area contributed by atoms with E-state index < -0.39 is 41.6 Å². The average molecular weight is 299 g/mol. The lowest BCUT2D eigenvalue weighted by atomic mass is 10.0. The molecule has 2 rings (SSSR count). The Balaban J connectivity index is 2.11. The lowest BCUT2D eigenvalue weighted by Crippen LogP contribution is -2.41. The van der Waals surface area contributed by atoms with E-state index in [1.165, 1.54) is 13.0 Å². The normalized spacial score (nSPS) is 22.8. The van der Waals surface area contributed by atoms with Crippen LogP contribution in [0.15, 0.2) is 18.2 Å². The Morgan fingerprint density at radius 1 is 1.38 bits per heavy atom. The molecule has 1 fully saturated rings.